The second-order valence-electron chi connectivity index (χ2n) is 5.06. The molecule has 4 heteroatoms. The summed E-state index contributed by atoms with van der Waals surface area (Å²) in [5.41, 5.74) is 0.0440. The Balaban J connectivity index is 2.33. The molecule has 0 saturated heterocycles. The van der Waals surface area contributed by atoms with E-state index in [2.05, 4.69) is 12.0 Å². The Labute approximate surface area is 108 Å². The molecule has 1 aromatic heterocycles. The van der Waals surface area contributed by atoms with Gasteiger partial charge in [-0.05, 0) is 32.1 Å². The van der Waals surface area contributed by atoms with Gasteiger partial charge in [-0.2, -0.15) is 5.10 Å². The second-order valence-corrected chi connectivity index (χ2v) is 5.47. The Morgan fingerprint density at radius 2 is 2.35 bits per heavy atom. The van der Waals surface area contributed by atoms with E-state index in [9.17, 15) is 5.11 Å². The van der Waals surface area contributed by atoms with Gasteiger partial charge in [0.25, 0.3) is 0 Å². The first-order valence-electron chi connectivity index (χ1n) is 6.55. The van der Waals surface area contributed by atoms with Crippen LogP contribution in [0.1, 0.15) is 51.6 Å². The molecule has 1 saturated carbocycles. The predicted octanol–water partition coefficient (Wildman–Crippen LogP) is 3.34. The molecule has 1 aliphatic carbocycles. The molecule has 96 valence electrons. The minimum atomic E-state index is -0.775. The molecule has 1 aliphatic rings. The molecule has 0 spiro atoms. The van der Waals surface area contributed by atoms with E-state index in [1.807, 2.05) is 11.6 Å². The molecule has 2 atom stereocenters. The van der Waals surface area contributed by atoms with Crippen LogP contribution >= 0.6 is 11.6 Å². The van der Waals surface area contributed by atoms with Crippen molar-refractivity contribution in [2.24, 2.45) is 5.92 Å². The van der Waals surface area contributed by atoms with Crippen molar-refractivity contribution in [2.75, 3.05) is 0 Å². The fraction of sp³-hybridized carbons (Fsp3) is 0.769. The summed E-state index contributed by atoms with van der Waals surface area (Å²) in [5, 5.41) is 15.7. The van der Waals surface area contributed by atoms with Gasteiger partial charge in [-0.1, -0.05) is 31.4 Å². The summed E-state index contributed by atoms with van der Waals surface area (Å²) in [6, 6.07) is 0. The summed E-state index contributed by atoms with van der Waals surface area (Å²) in [5.74, 6) is 0.602. The van der Waals surface area contributed by atoms with E-state index in [1.165, 1.54) is 6.42 Å². The average Bonchev–Trinajstić information content (AvgIpc) is 2.71. The largest absolute Gasteiger partial charge is 0.384 e. The Morgan fingerprint density at radius 3 is 3.00 bits per heavy atom. The van der Waals surface area contributed by atoms with Gasteiger partial charge in [-0.15, -0.1) is 0 Å². The van der Waals surface area contributed by atoms with Gasteiger partial charge < -0.3 is 5.11 Å². The zero-order valence-corrected chi connectivity index (χ0v) is 11.4. The van der Waals surface area contributed by atoms with Gasteiger partial charge in [0.05, 0.1) is 16.9 Å². The van der Waals surface area contributed by atoms with Crippen molar-refractivity contribution < 1.29 is 5.11 Å². The van der Waals surface area contributed by atoms with Crippen molar-refractivity contribution in [1.82, 2.24) is 9.78 Å². The molecule has 17 heavy (non-hydrogen) atoms. The summed E-state index contributed by atoms with van der Waals surface area (Å²) < 4.78 is 1.83. The molecular formula is C13H21ClN2O. The normalized spacial score (nSPS) is 29.5. The lowest BCUT2D eigenvalue weighted by atomic mass is 9.75. The fourth-order valence-electron chi connectivity index (χ4n) is 2.99. The topological polar surface area (TPSA) is 38.1 Å². The monoisotopic (exact) mass is 256 g/mol. The Bertz CT molecular complexity index is 391. The molecule has 1 aromatic rings. The van der Waals surface area contributed by atoms with E-state index in [0.717, 1.165) is 37.9 Å². The van der Waals surface area contributed by atoms with E-state index in [-0.39, 0.29) is 0 Å². The van der Waals surface area contributed by atoms with Crippen molar-refractivity contribution in [1.29, 1.82) is 0 Å². The first-order chi connectivity index (χ1) is 8.10. The molecule has 0 aromatic carbocycles. The molecule has 0 aliphatic heterocycles. The van der Waals surface area contributed by atoms with Crippen LogP contribution in [0.2, 0.25) is 5.02 Å². The van der Waals surface area contributed by atoms with Crippen LogP contribution in [0.5, 0.6) is 0 Å². The fourth-order valence-corrected chi connectivity index (χ4v) is 3.31. The zero-order valence-electron chi connectivity index (χ0n) is 10.6. The summed E-state index contributed by atoms with van der Waals surface area (Å²) in [4.78, 5) is 0. The molecule has 1 N–H and O–H groups in total. The number of hydrogen-bond acceptors (Lipinski definition) is 2. The van der Waals surface area contributed by atoms with Gasteiger partial charge in [0, 0.05) is 6.54 Å². The zero-order chi connectivity index (χ0) is 12.5. The maximum atomic E-state index is 10.9. The second kappa shape index (κ2) is 4.99. The van der Waals surface area contributed by atoms with E-state index in [4.69, 9.17) is 11.6 Å². The van der Waals surface area contributed by atoms with Crippen molar-refractivity contribution >= 4 is 11.6 Å². The van der Waals surface area contributed by atoms with E-state index in [0.29, 0.717) is 10.9 Å². The minimum Gasteiger partial charge on any atom is -0.384 e. The molecule has 0 bridgehead atoms. The smallest absolute Gasteiger partial charge is 0.108 e. The van der Waals surface area contributed by atoms with Crippen molar-refractivity contribution in [3.8, 4) is 0 Å². The van der Waals surface area contributed by atoms with Crippen LogP contribution in [0.3, 0.4) is 0 Å². The van der Waals surface area contributed by atoms with Gasteiger partial charge >= 0.3 is 0 Å². The summed E-state index contributed by atoms with van der Waals surface area (Å²) in [6.45, 7) is 4.96. The summed E-state index contributed by atoms with van der Waals surface area (Å²) in [6.07, 6.45) is 6.68. The van der Waals surface area contributed by atoms with Crippen LogP contribution in [0, 0.1) is 5.92 Å². The van der Waals surface area contributed by atoms with Crippen molar-refractivity contribution in [3.05, 3.63) is 16.9 Å². The SMILES string of the molecule is CCC1CCCC(O)(c2c(Cl)cnn2CC)C1. The van der Waals surface area contributed by atoms with Gasteiger partial charge in [0.2, 0.25) is 0 Å². The van der Waals surface area contributed by atoms with Crippen LogP contribution in [-0.4, -0.2) is 14.9 Å². The maximum Gasteiger partial charge on any atom is 0.108 e. The highest BCUT2D eigenvalue weighted by molar-refractivity contribution is 6.31. The van der Waals surface area contributed by atoms with Crippen LogP contribution in [-0.2, 0) is 12.1 Å². The average molecular weight is 257 g/mol. The van der Waals surface area contributed by atoms with Crippen molar-refractivity contribution in [3.63, 3.8) is 0 Å². The quantitative estimate of drug-likeness (QED) is 0.901. The third-order valence-electron chi connectivity index (χ3n) is 3.94. The number of aromatic nitrogens is 2. The molecule has 2 rings (SSSR count). The first kappa shape index (κ1) is 12.9. The minimum absolute atomic E-state index is 0.602. The molecular weight excluding hydrogens is 236 g/mol. The lowest BCUT2D eigenvalue weighted by Gasteiger charge is -2.37. The number of rotatable bonds is 3. The Morgan fingerprint density at radius 1 is 1.59 bits per heavy atom. The third-order valence-corrected chi connectivity index (χ3v) is 4.22. The number of hydrogen-bond donors (Lipinski definition) is 1. The van der Waals surface area contributed by atoms with E-state index < -0.39 is 5.60 Å². The van der Waals surface area contributed by atoms with Crippen molar-refractivity contribution in [2.45, 2.75) is 58.1 Å². The Hall–Kier alpha value is -0.540. The number of aliphatic hydroxyl groups is 1. The van der Waals surface area contributed by atoms with E-state index in [1.54, 1.807) is 6.20 Å². The lowest BCUT2D eigenvalue weighted by Crippen LogP contribution is -2.35. The molecule has 1 heterocycles. The van der Waals surface area contributed by atoms with Crippen LogP contribution < -0.4 is 0 Å². The van der Waals surface area contributed by atoms with Crippen LogP contribution in [0.25, 0.3) is 0 Å². The van der Waals surface area contributed by atoms with Crippen LogP contribution in [0.4, 0.5) is 0 Å². The lowest BCUT2D eigenvalue weighted by molar-refractivity contribution is -0.0288. The highest BCUT2D eigenvalue weighted by Gasteiger charge is 2.39. The van der Waals surface area contributed by atoms with Gasteiger partial charge in [-0.25, -0.2) is 0 Å². The van der Waals surface area contributed by atoms with Crippen LogP contribution in [0.15, 0.2) is 6.20 Å². The molecule has 1 fully saturated rings. The summed E-state index contributed by atoms with van der Waals surface area (Å²) >= 11 is 6.19. The van der Waals surface area contributed by atoms with Gasteiger partial charge in [-0.3, -0.25) is 4.68 Å². The molecule has 0 amide bonds. The van der Waals surface area contributed by atoms with Gasteiger partial charge in [0.15, 0.2) is 0 Å². The number of nitrogens with zero attached hydrogens (tertiary/aromatic N) is 2. The third kappa shape index (κ3) is 2.36. The highest BCUT2D eigenvalue weighted by Crippen LogP contribution is 2.43. The molecule has 2 unspecified atom stereocenters. The number of halogens is 1. The molecule has 0 radical (unpaired) electrons. The number of aryl methyl sites for hydroxylation is 1. The van der Waals surface area contributed by atoms with E-state index >= 15 is 0 Å². The standard InChI is InChI=1S/C13H21ClN2O/c1-3-10-6-5-7-13(17,8-10)12-11(14)9-15-16(12)4-2/h9-10,17H,3-8H2,1-2H3. The first-order valence-corrected chi connectivity index (χ1v) is 6.92. The summed E-state index contributed by atoms with van der Waals surface area (Å²) in [7, 11) is 0. The highest BCUT2D eigenvalue weighted by atomic mass is 35.5. The maximum absolute atomic E-state index is 10.9. The Kier molecular flexibility index (Phi) is 3.79. The van der Waals surface area contributed by atoms with Gasteiger partial charge in [0.1, 0.15) is 5.60 Å². The molecule has 3 nitrogen and oxygen atoms in total. The predicted molar refractivity (Wildman–Crippen MR) is 69.1 cm³/mol.